The summed E-state index contributed by atoms with van der Waals surface area (Å²) in [4.78, 5) is 11.5. The molecule has 1 aliphatic rings. The van der Waals surface area contributed by atoms with E-state index in [2.05, 4.69) is 24.5 Å². The first-order valence-corrected chi connectivity index (χ1v) is 13.4. The highest BCUT2D eigenvalue weighted by molar-refractivity contribution is 5.92. The zero-order valence-corrected chi connectivity index (χ0v) is 23.6. The third-order valence-corrected chi connectivity index (χ3v) is 5.95. The number of phenolic OH excluding ortho intramolecular Hbond substituents is 1. The molecule has 3 N–H and O–H groups in total. The van der Waals surface area contributed by atoms with E-state index in [-0.39, 0.29) is 29.2 Å². The number of ether oxygens (including phenoxy) is 2. The summed E-state index contributed by atoms with van der Waals surface area (Å²) in [5, 5.41) is 16.8. The molecule has 0 aliphatic heterocycles. The number of anilines is 1. The molecule has 208 valence electrons. The van der Waals surface area contributed by atoms with Gasteiger partial charge in [-0.05, 0) is 82.5 Å². The fourth-order valence-corrected chi connectivity index (χ4v) is 3.61. The fraction of sp³-hybridized carbons (Fsp3) is 0.452. The van der Waals surface area contributed by atoms with Crippen LogP contribution in [0.1, 0.15) is 72.3 Å². The van der Waals surface area contributed by atoms with Crippen molar-refractivity contribution in [2.45, 2.75) is 72.8 Å². The van der Waals surface area contributed by atoms with Gasteiger partial charge in [-0.15, -0.1) is 0 Å². The Labute approximate surface area is 226 Å². The monoisotopic (exact) mass is 526 g/mol. The van der Waals surface area contributed by atoms with E-state index >= 15 is 0 Å². The van der Waals surface area contributed by atoms with Crippen LogP contribution in [0.4, 0.5) is 10.1 Å². The number of carbonyl (C=O) groups excluding carboxylic acids is 1. The summed E-state index contributed by atoms with van der Waals surface area (Å²) in [6.07, 6.45) is 9.41. The van der Waals surface area contributed by atoms with Gasteiger partial charge >= 0.3 is 0 Å². The van der Waals surface area contributed by atoms with Crippen molar-refractivity contribution in [1.29, 1.82) is 0 Å². The summed E-state index contributed by atoms with van der Waals surface area (Å²) in [6, 6.07) is 8.11. The van der Waals surface area contributed by atoms with Crippen LogP contribution in [0.25, 0.3) is 16.9 Å². The molecule has 0 heterocycles. The van der Waals surface area contributed by atoms with Gasteiger partial charge in [-0.25, -0.2) is 4.39 Å². The molecule has 0 spiro atoms. The van der Waals surface area contributed by atoms with E-state index in [1.165, 1.54) is 52.5 Å². The summed E-state index contributed by atoms with van der Waals surface area (Å²) >= 11 is 0. The van der Waals surface area contributed by atoms with Crippen LogP contribution in [0.5, 0.6) is 11.5 Å². The summed E-state index contributed by atoms with van der Waals surface area (Å²) in [6.45, 7) is 11.9. The third-order valence-electron chi connectivity index (χ3n) is 5.95. The van der Waals surface area contributed by atoms with Crippen molar-refractivity contribution in [2.24, 2.45) is 0 Å². The number of aromatic hydroxyl groups is 1. The molecule has 1 aliphatic carbocycles. The Bertz CT molecular complexity index is 1120. The average Bonchev–Trinajstić information content (AvgIpc) is 3.71. The van der Waals surface area contributed by atoms with Crippen LogP contribution in [-0.4, -0.2) is 37.3 Å². The minimum atomic E-state index is -0.629. The van der Waals surface area contributed by atoms with Gasteiger partial charge in [0, 0.05) is 12.5 Å². The molecular weight excluding hydrogens is 483 g/mol. The first-order valence-electron chi connectivity index (χ1n) is 13.4. The zero-order chi connectivity index (χ0) is 28.1. The minimum absolute atomic E-state index is 0.00924. The van der Waals surface area contributed by atoms with Crippen molar-refractivity contribution in [3.8, 4) is 22.6 Å². The van der Waals surface area contributed by atoms with Crippen LogP contribution in [0.15, 0.2) is 48.1 Å². The number of halogens is 1. The molecule has 0 bridgehead atoms. The summed E-state index contributed by atoms with van der Waals surface area (Å²) in [5.41, 5.74) is 2.35. The van der Waals surface area contributed by atoms with Crippen molar-refractivity contribution in [3.05, 3.63) is 59.4 Å². The van der Waals surface area contributed by atoms with E-state index in [9.17, 15) is 14.3 Å². The zero-order valence-electron chi connectivity index (χ0n) is 23.6. The number of hydrogen-bond donors (Lipinski definition) is 3. The first-order chi connectivity index (χ1) is 18.2. The molecule has 2 aromatic rings. The number of hydrogen-bond acceptors (Lipinski definition) is 5. The topological polar surface area (TPSA) is 79.8 Å². The molecule has 0 unspecified atom stereocenters. The number of benzene rings is 2. The Morgan fingerprint density at radius 3 is 2.47 bits per heavy atom. The van der Waals surface area contributed by atoms with Gasteiger partial charge < -0.3 is 25.2 Å². The maximum absolute atomic E-state index is 14.9. The Morgan fingerprint density at radius 1 is 1.16 bits per heavy atom. The molecule has 38 heavy (non-hydrogen) atoms. The van der Waals surface area contributed by atoms with Gasteiger partial charge in [-0.3, -0.25) is 4.79 Å². The van der Waals surface area contributed by atoms with E-state index in [4.69, 9.17) is 9.47 Å². The maximum Gasteiger partial charge on any atom is 0.221 e. The van der Waals surface area contributed by atoms with Crippen LogP contribution in [0, 0.1) is 5.82 Å². The predicted molar refractivity (Wildman–Crippen MR) is 154 cm³/mol. The summed E-state index contributed by atoms with van der Waals surface area (Å²) in [5.74, 6) is -0.301. The summed E-state index contributed by atoms with van der Waals surface area (Å²) < 4.78 is 26.2. The normalized spacial score (nSPS) is 13.4. The second-order valence-electron chi connectivity index (χ2n) is 9.38. The minimum Gasteiger partial charge on any atom is -0.507 e. The molecule has 3 rings (SSSR count). The lowest BCUT2D eigenvalue weighted by Gasteiger charge is -2.16. The quantitative estimate of drug-likeness (QED) is 0.152. The Balaban J connectivity index is 0.000000550. The van der Waals surface area contributed by atoms with Gasteiger partial charge in [0.25, 0.3) is 0 Å². The van der Waals surface area contributed by atoms with Gasteiger partial charge in [-0.2, -0.15) is 0 Å². The van der Waals surface area contributed by atoms with Crippen molar-refractivity contribution < 1.29 is 23.8 Å². The van der Waals surface area contributed by atoms with E-state index in [0.717, 1.165) is 18.4 Å². The van der Waals surface area contributed by atoms with Gasteiger partial charge in [0.15, 0.2) is 5.82 Å². The molecule has 0 atom stereocenters. The van der Waals surface area contributed by atoms with Crippen LogP contribution in [0.2, 0.25) is 0 Å². The predicted octanol–water partition coefficient (Wildman–Crippen LogP) is 7.44. The van der Waals surface area contributed by atoms with Crippen LogP contribution < -0.4 is 15.4 Å². The standard InChI is InChI=1S/C24H26FNO4.C7H17N/c1-5-14(2)11-21(29-4)19-8-6-7-18(24(19)28)16-12-20(25)23(26-15(3)27)22(13-16)30-17-9-10-17;1-3-5-7-8-6-4-2/h5-8,11-13,17,28H,9-10H2,1-4H3,(H,26,27);8H,3-7H2,1-2H3/b14-5-,21-11-;. The molecule has 6 nitrogen and oxygen atoms in total. The van der Waals surface area contributed by atoms with Crippen molar-refractivity contribution in [1.82, 2.24) is 5.32 Å². The Kier molecular flexibility index (Phi) is 12.9. The van der Waals surface area contributed by atoms with Gasteiger partial charge in [0.05, 0.1) is 18.8 Å². The number of amides is 1. The summed E-state index contributed by atoms with van der Waals surface area (Å²) in [7, 11) is 1.53. The lowest BCUT2D eigenvalue weighted by atomic mass is 9.99. The number of unbranched alkanes of at least 4 members (excludes halogenated alkanes) is 1. The largest absolute Gasteiger partial charge is 0.507 e. The second-order valence-corrected chi connectivity index (χ2v) is 9.38. The SMILES string of the molecule is C/C=C(C)\C=C(/OC)c1cccc(-c2cc(F)c(NC(C)=O)c(OC3CC3)c2)c1O.CCCCNCCC. The molecule has 1 fully saturated rings. The number of phenols is 1. The highest BCUT2D eigenvalue weighted by atomic mass is 19.1. The number of methoxy groups -OCH3 is 1. The lowest BCUT2D eigenvalue weighted by Crippen LogP contribution is -2.15. The third kappa shape index (κ3) is 9.53. The van der Waals surface area contributed by atoms with Crippen LogP contribution in [-0.2, 0) is 9.53 Å². The van der Waals surface area contributed by atoms with E-state index in [1.54, 1.807) is 24.3 Å². The molecule has 0 saturated heterocycles. The highest BCUT2D eigenvalue weighted by Crippen LogP contribution is 2.41. The number of rotatable bonds is 12. The number of para-hydroxylation sites is 1. The van der Waals surface area contributed by atoms with Gasteiger partial charge in [-0.1, -0.05) is 44.1 Å². The van der Waals surface area contributed by atoms with Crippen LogP contribution in [0.3, 0.4) is 0 Å². The number of nitrogens with one attached hydrogen (secondary N) is 2. The van der Waals surface area contributed by atoms with Gasteiger partial charge in [0.1, 0.15) is 22.9 Å². The molecule has 1 saturated carbocycles. The van der Waals surface area contributed by atoms with Crippen LogP contribution >= 0.6 is 0 Å². The van der Waals surface area contributed by atoms with E-state index < -0.39 is 5.82 Å². The molecule has 1 amide bonds. The van der Waals surface area contributed by atoms with Crippen molar-refractivity contribution >= 4 is 17.4 Å². The average molecular weight is 527 g/mol. The maximum atomic E-state index is 14.9. The van der Waals surface area contributed by atoms with Gasteiger partial charge in [0.2, 0.25) is 5.91 Å². The number of allylic oxidation sites excluding steroid dienone is 3. The lowest BCUT2D eigenvalue weighted by molar-refractivity contribution is -0.114. The van der Waals surface area contributed by atoms with E-state index in [1.807, 2.05) is 26.0 Å². The second kappa shape index (κ2) is 15.8. The Morgan fingerprint density at radius 2 is 1.89 bits per heavy atom. The van der Waals surface area contributed by atoms with E-state index in [0.29, 0.717) is 22.4 Å². The fourth-order valence-electron chi connectivity index (χ4n) is 3.61. The molecule has 0 aromatic heterocycles. The molecular formula is C31H43FN2O4. The smallest absolute Gasteiger partial charge is 0.221 e. The Hall–Kier alpha value is -3.32. The van der Waals surface area contributed by atoms with Crippen molar-refractivity contribution in [3.63, 3.8) is 0 Å². The first kappa shape index (κ1) is 30.9. The highest BCUT2D eigenvalue weighted by Gasteiger charge is 2.27. The number of carbonyl (C=O) groups is 1. The molecule has 0 radical (unpaired) electrons. The van der Waals surface area contributed by atoms with Crippen molar-refractivity contribution in [2.75, 3.05) is 25.5 Å². The molecule has 7 heteroatoms. The molecule has 2 aromatic carbocycles.